The predicted molar refractivity (Wildman–Crippen MR) is 123 cm³/mol. The van der Waals surface area contributed by atoms with Crippen molar-refractivity contribution in [3.63, 3.8) is 0 Å². The first-order valence-corrected chi connectivity index (χ1v) is 11.0. The maximum atomic E-state index is 11.4. The van der Waals surface area contributed by atoms with E-state index in [4.69, 9.17) is 18.9 Å². The third kappa shape index (κ3) is 6.28. The van der Waals surface area contributed by atoms with Gasteiger partial charge in [0, 0.05) is 18.2 Å². The van der Waals surface area contributed by atoms with Gasteiger partial charge in [0.1, 0.15) is 48.8 Å². The van der Waals surface area contributed by atoms with E-state index < -0.39 is 36.7 Å². The van der Waals surface area contributed by atoms with E-state index in [1.165, 1.54) is 12.1 Å². The topological polar surface area (TPSA) is 135 Å². The minimum atomic E-state index is -1.81. The molecule has 3 aromatic rings. The summed E-state index contributed by atoms with van der Waals surface area (Å²) >= 11 is 0. The number of hydrogen-bond donors (Lipinski definition) is 4. The van der Waals surface area contributed by atoms with Gasteiger partial charge in [-0.2, -0.15) is 0 Å². The SMILES string of the molecule is O=C(O)[C@H]1O[C@@H](Oc2cc(OCc3ccccc3)cc(OCc3ccccc3)c2)[C@H](O)[C@@H](O)[C@@H]1O. The zero-order chi connectivity index (χ0) is 24.8. The molecule has 5 atom stereocenters. The van der Waals surface area contributed by atoms with Crippen LogP contribution in [0.25, 0.3) is 0 Å². The maximum Gasteiger partial charge on any atom is 0.335 e. The summed E-state index contributed by atoms with van der Waals surface area (Å²) in [5, 5.41) is 39.5. The molecule has 0 saturated carbocycles. The van der Waals surface area contributed by atoms with Gasteiger partial charge in [-0.25, -0.2) is 4.79 Å². The van der Waals surface area contributed by atoms with Gasteiger partial charge in [0.05, 0.1) is 0 Å². The monoisotopic (exact) mass is 482 g/mol. The Morgan fingerprint density at radius 2 is 1.20 bits per heavy atom. The highest BCUT2D eigenvalue weighted by Gasteiger charge is 2.48. The second-order valence-corrected chi connectivity index (χ2v) is 8.04. The Morgan fingerprint density at radius 1 is 0.714 bits per heavy atom. The Morgan fingerprint density at radius 3 is 1.69 bits per heavy atom. The lowest BCUT2D eigenvalue weighted by Gasteiger charge is -2.38. The Balaban J connectivity index is 1.54. The summed E-state index contributed by atoms with van der Waals surface area (Å²) in [5.74, 6) is -0.551. The van der Waals surface area contributed by atoms with Crippen LogP contribution in [0.3, 0.4) is 0 Å². The van der Waals surface area contributed by atoms with Crippen molar-refractivity contribution in [1.82, 2.24) is 0 Å². The summed E-state index contributed by atoms with van der Waals surface area (Å²) in [6.45, 7) is 0.550. The minimum Gasteiger partial charge on any atom is -0.489 e. The highest BCUT2D eigenvalue weighted by molar-refractivity contribution is 5.73. The van der Waals surface area contributed by atoms with Crippen LogP contribution in [0.1, 0.15) is 11.1 Å². The summed E-state index contributed by atoms with van der Waals surface area (Å²) in [6, 6.07) is 23.8. The van der Waals surface area contributed by atoms with E-state index in [0.29, 0.717) is 11.5 Å². The quantitative estimate of drug-likeness (QED) is 0.362. The van der Waals surface area contributed by atoms with Crippen LogP contribution in [0, 0.1) is 0 Å². The summed E-state index contributed by atoms with van der Waals surface area (Å²) < 4.78 is 22.7. The van der Waals surface area contributed by atoms with Crippen molar-refractivity contribution in [2.45, 2.75) is 43.9 Å². The van der Waals surface area contributed by atoms with E-state index in [9.17, 15) is 25.2 Å². The molecule has 0 bridgehead atoms. The molecule has 1 saturated heterocycles. The fraction of sp³-hybridized carbons (Fsp3) is 0.269. The number of carboxylic acid groups (broad SMARTS) is 1. The molecule has 0 radical (unpaired) electrons. The lowest BCUT2D eigenvalue weighted by atomic mass is 9.99. The van der Waals surface area contributed by atoms with E-state index in [-0.39, 0.29) is 19.0 Å². The van der Waals surface area contributed by atoms with Crippen molar-refractivity contribution in [3.05, 3.63) is 90.0 Å². The van der Waals surface area contributed by atoms with Gasteiger partial charge >= 0.3 is 5.97 Å². The number of carboxylic acids is 1. The Labute approximate surface area is 201 Å². The average Bonchev–Trinajstić information content (AvgIpc) is 2.87. The first-order valence-electron chi connectivity index (χ1n) is 11.0. The van der Waals surface area contributed by atoms with Gasteiger partial charge in [0.2, 0.25) is 6.29 Å². The maximum absolute atomic E-state index is 11.4. The number of benzene rings is 3. The molecule has 35 heavy (non-hydrogen) atoms. The molecular formula is C26H26O9. The first kappa shape index (κ1) is 24.5. The van der Waals surface area contributed by atoms with Crippen LogP contribution in [-0.4, -0.2) is 57.1 Å². The third-order valence-corrected chi connectivity index (χ3v) is 5.42. The Kier molecular flexibility index (Phi) is 7.84. The van der Waals surface area contributed by atoms with Gasteiger partial charge < -0.3 is 39.4 Å². The molecule has 0 unspecified atom stereocenters. The largest absolute Gasteiger partial charge is 0.489 e. The number of carbonyl (C=O) groups is 1. The molecular weight excluding hydrogens is 456 g/mol. The minimum absolute atomic E-state index is 0.149. The molecule has 9 heteroatoms. The molecule has 0 amide bonds. The van der Waals surface area contributed by atoms with E-state index in [2.05, 4.69) is 0 Å². The predicted octanol–water partition coefficient (Wildman–Crippen LogP) is 2.12. The third-order valence-electron chi connectivity index (χ3n) is 5.42. The van der Waals surface area contributed by atoms with Gasteiger partial charge in [-0.1, -0.05) is 60.7 Å². The number of ether oxygens (including phenoxy) is 4. The van der Waals surface area contributed by atoms with Crippen molar-refractivity contribution in [3.8, 4) is 17.2 Å². The molecule has 0 aliphatic carbocycles. The smallest absolute Gasteiger partial charge is 0.335 e. The number of hydrogen-bond acceptors (Lipinski definition) is 8. The van der Waals surface area contributed by atoms with Crippen LogP contribution in [0.15, 0.2) is 78.9 Å². The van der Waals surface area contributed by atoms with E-state index in [1.54, 1.807) is 6.07 Å². The van der Waals surface area contributed by atoms with Crippen molar-refractivity contribution in [2.75, 3.05) is 0 Å². The van der Waals surface area contributed by atoms with Crippen LogP contribution in [-0.2, 0) is 22.7 Å². The normalized spacial score (nSPS) is 23.9. The lowest BCUT2D eigenvalue weighted by Crippen LogP contribution is -2.61. The molecule has 4 N–H and O–H groups in total. The van der Waals surface area contributed by atoms with Crippen molar-refractivity contribution in [1.29, 1.82) is 0 Å². The highest BCUT2D eigenvalue weighted by Crippen LogP contribution is 2.32. The fourth-order valence-corrected chi connectivity index (χ4v) is 3.55. The van der Waals surface area contributed by atoms with E-state index >= 15 is 0 Å². The van der Waals surface area contributed by atoms with Crippen molar-refractivity contribution >= 4 is 5.97 Å². The van der Waals surface area contributed by atoms with Crippen molar-refractivity contribution < 1.29 is 44.2 Å². The summed E-state index contributed by atoms with van der Waals surface area (Å²) in [7, 11) is 0. The Bertz CT molecular complexity index is 1040. The van der Waals surface area contributed by atoms with Crippen LogP contribution < -0.4 is 14.2 Å². The summed E-state index contributed by atoms with van der Waals surface area (Å²) in [5.41, 5.74) is 1.89. The van der Waals surface area contributed by atoms with Gasteiger partial charge in [-0.05, 0) is 11.1 Å². The van der Waals surface area contributed by atoms with Gasteiger partial charge in [-0.15, -0.1) is 0 Å². The molecule has 4 rings (SSSR count). The van der Waals surface area contributed by atoms with Crippen LogP contribution in [0.4, 0.5) is 0 Å². The average molecular weight is 482 g/mol. The number of aliphatic carboxylic acids is 1. The van der Waals surface area contributed by atoms with Gasteiger partial charge in [0.15, 0.2) is 6.10 Å². The fourth-order valence-electron chi connectivity index (χ4n) is 3.55. The summed E-state index contributed by atoms with van der Waals surface area (Å²) in [6.07, 6.45) is -8.61. The summed E-state index contributed by atoms with van der Waals surface area (Å²) in [4.78, 5) is 11.4. The molecule has 0 spiro atoms. The molecule has 9 nitrogen and oxygen atoms in total. The number of rotatable bonds is 9. The molecule has 3 aromatic carbocycles. The lowest BCUT2D eigenvalue weighted by molar-refractivity contribution is -0.271. The Hall–Kier alpha value is -3.63. The van der Waals surface area contributed by atoms with Crippen molar-refractivity contribution in [2.24, 2.45) is 0 Å². The number of aliphatic hydroxyl groups excluding tert-OH is 3. The van der Waals surface area contributed by atoms with Crippen LogP contribution in [0.5, 0.6) is 17.2 Å². The second kappa shape index (κ2) is 11.2. The van der Waals surface area contributed by atoms with Gasteiger partial charge in [0.25, 0.3) is 0 Å². The number of aliphatic hydroxyl groups is 3. The zero-order valence-electron chi connectivity index (χ0n) is 18.6. The van der Waals surface area contributed by atoms with E-state index in [1.807, 2.05) is 60.7 Å². The molecule has 1 heterocycles. The standard InChI is InChI=1S/C26H26O9/c27-21-22(28)24(25(30)31)35-26(23(21)29)34-20-12-18(32-14-16-7-3-1-4-8-16)11-19(13-20)33-15-17-9-5-2-6-10-17/h1-13,21-24,26-29H,14-15H2,(H,30,31)/t21-,22-,23+,24-,26+/m0/s1. The highest BCUT2D eigenvalue weighted by atomic mass is 16.7. The molecule has 1 aliphatic heterocycles. The van der Waals surface area contributed by atoms with E-state index in [0.717, 1.165) is 11.1 Å². The molecule has 1 aliphatic rings. The first-order chi connectivity index (χ1) is 16.9. The van der Waals surface area contributed by atoms with Crippen LogP contribution >= 0.6 is 0 Å². The molecule has 184 valence electrons. The zero-order valence-corrected chi connectivity index (χ0v) is 18.6. The molecule has 0 aromatic heterocycles. The second-order valence-electron chi connectivity index (χ2n) is 8.04. The van der Waals surface area contributed by atoms with Gasteiger partial charge in [-0.3, -0.25) is 0 Å². The van der Waals surface area contributed by atoms with Crippen LogP contribution in [0.2, 0.25) is 0 Å². The molecule has 1 fully saturated rings.